The summed E-state index contributed by atoms with van der Waals surface area (Å²) in [4.78, 5) is 4.36. The van der Waals surface area contributed by atoms with E-state index in [1.807, 2.05) is 36.5 Å². The fourth-order valence-corrected chi connectivity index (χ4v) is 2.17. The van der Waals surface area contributed by atoms with Gasteiger partial charge in [-0.2, -0.15) is 0 Å². The van der Waals surface area contributed by atoms with Crippen LogP contribution in [0.15, 0.2) is 42.6 Å². The van der Waals surface area contributed by atoms with Gasteiger partial charge in [0.1, 0.15) is 5.75 Å². The second-order valence-electron chi connectivity index (χ2n) is 4.66. The van der Waals surface area contributed by atoms with Gasteiger partial charge < -0.3 is 10.1 Å². The third kappa shape index (κ3) is 4.45. The van der Waals surface area contributed by atoms with E-state index in [2.05, 4.69) is 52.8 Å². The van der Waals surface area contributed by atoms with Gasteiger partial charge in [0.25, 0.3) is 0 Å². The first-order chi connectivity index (χ1) is 9.69. The van der Waals surface area contributed by atoms with Crippen LogP contribution in [-0.4, -0.2) is 11.5 Å². The standard InChI is InChI=1S/C16H19IN2O/c1-3-10-18-12(2)13-4-9-16(19-11-13)20-15-7-5-14(17)6-8-15/h4-9,11-12,18H,3,10H2,1-2H3. The highest BCUT2D eigenvalue weighted by Crippen LogP contribution is 2.21. The van der Waals surface area contributed by atoms with Crippen molar-refractivity contribution in [1.82, 2.24) is 10.3 Å². The van der Waals surface area contributed by atoms with Crippen molar-refractivity contribution in [3.05, 3.63) is 51.7 Å². The van der Waals surface area contributed by atoms with Crippen molar-refractivity contribution in [3.63, 3.8) is 0 Å². The maximum Gasteiger partial charge on any atom is 0.219 e. The van der Waals surface area contributed by atoms with Crippen LogP contribution in [0.5, 0.6) is 11.6 Å². The molecule has 0 amide bonds. The van der Waals surface area contributed by atoms with Crippen molar-refractivity contribution < 1.29 is 4.74 Å². The first-order valence-electron chi connectivity index (χ1n) is 6.82. The van der Waals surface area contributed by atoms with E-state index in [1.54, 1.807) is 0 Å². The first kappa shape index (κ1) is 15.3. The predicted molar refractivity (Wildman–Crippen MR) is 90.2 cm³/mol. The highest BCUT2D eigenvalue weighted by molar-refractivity contribution is 14.1. The Morgan fingerprint density at radius 1 is 1.20 bits per heavy atom. The van der Waals surface area contributed by atoms with Crippen molar-refractivity contribution in [1.29, 1.82) is 0 Å². The van der Waals surface area contributed by atoms with Gasteiger partial charge in [-0.3, -0.25) is 0 Å². The number of nitrogens with zero attached hydrogens (tertiary/aromatic N) is 1. The fourth-order valence-electron chi connectivity index (χ4n) is 1.81. The van der Waals surface area contributed by atoms with E-state index in [1.165, 1.54) is 9.13 Å². The summed E-state index contributed by atoms with van der Waals surface area (Å²) in [6.45, 7) is 5.32. The van der Waals surface area contributed by atoms with Crippen molar-refractivity contribution in [2.75, 3.05) is 6.54 Å². The minimum Gasteiger partial charge on any atom is -0.439 e. The minimum atomic E-state index is 0.315. The Bertz CT molecular complexity index is 525. The molecule has 1 aromatic heterocycles. The lowest BCUT2D eigenvalue weighted by molar-refractivity contribution is 0.461. The molecule has 4 heteroatoms. The molecule has 0 aliphatic heterocycles. The molecule has 1 unspecified atom stereocenters. The number of nitrogens with one attached hydrogen (secondary N) is 1. The molecule has 2 rings (SSSR count). The number of hydrogen-bond donors (Lipinski definition) is 1. The molecule has 0 saturated carbocycles. The van der Waals surface area contributed by atoms with Crippen LogP contribution in [0, 0.1) is 3.57 Å². The Balaban J connectivity index is 1.99. The highest BCUT2D eigenvalue weighted by atomic mass is 127. The van der Waals surface area contributed by atoms with Crippen LogP contribution in [0.3, 0.4) is 0 Å². The Morgan fingerprint density at radius 3 is 2.55 bits per heavy atom. The van der Waals surface area contributed by atoms with Crippen LogP contribution < -0.4 is 10.1 Å². The third-order valence-corrected chi connectivity index (χ3v) is 3.71. The van der Waals surface area contributed by atoms with E-state index in [9.17, 15) is 0 Å². The average Bonchev–Trinajstić information content (AvgIpc) is 2.48. The molecular formula is C16H19IN2O. The monoisotopic (exact) mass is 382 g/mol. The number of benzene rings is 1. The van der Waals surface area contributed by atoms with E-state index >= 15 is 0 Å². The molecule has 1 N–H and O–H groups in total. The van der Waals surface area contributed by atoms with Gasteiger partial charge in [-0.15, -0.1) is 0 Å². The van der Waals surface area contributed by atoms with Crippen molar-refractivity contribution in [2.45, 2.75) is 26.3 Å². The number of rotatable bonds is 6. The zero-order valence-electron chi connectivity index (χ0n) is 11.8. The largest absolute Gasteiger partial charge is 0.439 e. The molecule has 0 aliphatic carbocycles. The Kier molecular flexibility index (Phi) is 5.79. The van der Waals surface area contributed by atoms with E-state index in [0.29, 0.717) is 11.9 Å². The summed E-state index contributed by atoms with van der Waals surface area (Å²) >= 11 is 2.27. The molecule has 0 aliphatic rings. The number of halogens is 1. The van der Waals surface area contributed by atoms with Gasteiger partial charge in [0, 0.05) is 21.9 Å². The summed E-state index contributed by atoms with van der Waals surface area (Å²) in [6, 6.07) is 12.2. The minimum absolute atomic E-state index is 0.315. The lowest BCUT2D eigenvalue weighted by Crippen LogP contribution is -2.19. The maximum atomic E-state index is 5.71. The fraction of sp³-hybridized carbons (Fsp3) is 0.312. The van der Waals surface area contributed by atoms with Crippen LogP contribution in [-0.2, 0) is 0 Å². The molecule has 0 spiro atoms. The van der Waals surface area contributed by atoms with Gasteiger partial charge in [0.05, 0.1) is 0 Å². The maximum absolute atomic E-state index is 5.71. The van der Waals surface area contributed by atoms with Crippen molar-refractivity contribution in [3.8, 4) is 11.6 Å². The summed E-state index contributed by atoms with van der Waals surface area (Å²) in [6.07, 6.45) is 3.00. The Hall–Kier alpha value is -1.14. The van der Waals surface area contributed by atoms with Crippen LogP contribution in [0.4, 0.5) is 0 Å². The molecule has 1 atom stereocenters. The molecular weight excluding hydrogens is 363 g/mol. The van der Waals surface area contributed by atoms with Gasteiger partial charge >= 0.3 is 0 Å². The van der Waals surface area contributed by atoms with E-state index in [4.69, 9.17) is 4.74 Å². The number of pyridine rings is 1. The molecule has 0 radical (unpaired) electrons. The average molecular weight is 382 g/mol. The molecule has 1 heterocycles. The van der Waals surface area contributed by atoms with Gasteiger partial charge in [0.15, 0.2) is 0 Å². The topological polar surface area (TPSA) is 34.1 Å². The second kappa shape index (κ2) is 7.59. The second-order valence-corrected chi connectivity index (χ2v) is 5.91. The van der Waals surface area contributed by atoms with Crippen LogP contribution in [0.25, 0.3) is 0 Å². The van der Waals surface area contributed by atoms with E-state index in [-0.39, 0.29) is 0 Å². The van der Waals surface area contributed by atoms with E-state index in [0.717, 1.165) is 18.7 Å². The highest BCUT2D eigenvalue weighted by Gasteiger charge is 2.05. The van der Waals surface area contributed by atoms with Gasteiger partial charge in [-0.25, -0.2) is 4.98 Å². The molecule has 0 fully saturated rings. The van der Waals surface area contributed by atoms with E-state index < -0.39 is 0 Å². The normalized spacial score (nSPS) is 12.2. The number of hydrogen-bond acceptors (Lipinski definition) is 3. The van der Waals surface area contributed by atoms with Crippen LogP contribution >= 0.6 is 22.6 Å². The summed E-state index contributed by atoms with van der Waals surface area (Å²) in [7, 11) is 0. The third-order valence-electron chi connectivity index (χ3n) is 3.00. The molecule has 3 nitrogen and oxygen atoms in total. The lowest BCUT2D eigenvalue weighted by Gasteiger charge is -2.13. The van der Waals surface area contributed by atoms with Crippen molar-refractivity contribution >= 4 is 22.6 Å². The lowest BCUT2D eigenvalue weighted by atomic mass is 10.1. The molecule has 106 valence electrons. The molecule has 2 aromatic rings. The summed E-state index contributed by atoms with van der Waals surface area (Å²) in [5.41, 5.74) is 1.17. The number of aromatic nitrogens is 1. The molecule has 0 saturated heterocycles. The molecule has 1 aromatic carbocycles. The van der Waals surface area contributed by atoms with Gasteiger partial charge in [0.2, 0.25) is 5.88 Å². The van der Waals surface area contributed by atoms with Gasteiger partial charge in [-0.05, 0) is 72.3 Å². The summed E-state index contributed by atoms with van der Waals surface area (Å²) < 4.78 is 6.90. The predicted octanol–water partition coefficient (Wildman–Crippen LogP) is 4.54. The summed E-state index contributed by atoms with van der Waals surface area (Å²) in [5, 5.41) is 3.44. The summed E-state index contributed by atoms with van der Waals surface area (Å²) in [5.74, 6) is 1.43. The van der Waals surface area contributed by atoms with Crippen molar-refractivity contribution in [2.24, 2.45) is 0 Å². The molecule has 0 bridgehead atoms. The van der Waals surface area contributed by atoms with Gasteiger partial charge in [-0.1, -0.05) is 13.0 Å². The zero-order valence-corrected chi connectivity index (χ0v) is 13.9. The smallest absolute Gasteiger partial charge is 0.219 e. The van der Waals surface area contributed by atoms with Crippen LogP contribution in [0.1, 0.15) is 31.9 Å². The Morgan fingerprint density at radius 2 is 1.95 bits per heavy atom. The molecule has 20 heavy (non-hydrogen) atoms. The Labute approximate surface area is 133 Å². The van der Waals surface area contributed by atoms with Crippen LogP contribution in [0.2, 0.25) is 0 Å². The number of ether oxygens (including phenoxy) is 1. The zero-order chi connectivity index (χ0) is 14.4. The quantitative estimate of drug-likeness (QED) is 0.745. The SMILES string of the molecule is CCCNC(C)c1ccc(Oc2ccc(I)cc2)nc1. The first-order valence-corrected chi connectivity index (χ1v) is 7.89.